The van der Waals surface area contributed by atoms with Gasteiger partial charge in [-0.3, -0.25) is 0 Å². The van der Waals surface area contributed by atoms with Crippen molar-refractivity contribution in [2.45, 2.75) is 19.2 Å². The zero-order valence-electron chi connectivity index (χ0n) is 8.88. The number of aliphatic hydroxyl groups is 1. The minimum atomic E-state index is -4.66. The molecule has 0 amide bonds. The number of halogens is 3. The lowest BCUT2D eigenvalue weighted by Crippen LogP contribution is -2.20. The Hall–Kier alpha value is -1.27. The third kappa shape index (κ3) is 1.98. The molecule has 0 spiro atoms. The zero-order chi connectivity index (χ0) is 12.8. The lowest BCUT2D eigenvalue weighted by Gasteiger charge is -2.15. The van der Waals surface area contributed by atoms with E-state index in [0.717, 1.165) is 11.3 Å². The van der Waals surface area contributed by atoms with Gasteiger partial charge in [-0.25, -0.2) is 0 Å². The van der Waals surface area contributed by atoms with Crippen LogP contribution >= 0.6 is 11.3 Å². The summed E-state index contributed by atoms with van der Waals surface area (Å²) in [7, 11) is 0. The van der Waals surface area contributed by atoms with E-state index in [2.05, 4.69) is 0 Å². The van der Waals surface area contributed by atoms with Gasteiger partial charge in [-0.1, -0.05) is 12.1 Å². The summed E-state index contributed by atoms with van der Waals surface area (Å²) < 4.78 is 38.2. The number of nitrogen functional groups attached to an aromatic ring is 1. The van der Waals surface area contributed by atoms with Crippen molar-refractivity contribution in [2.24, 2.45) is 0 Å². The number of benzene rings is 1. The highest BCUT2D eigenvalue weighted by Gasteiger charge is 2.41. The Morgan fingerprint density at radius 1 is 1.35 bits per heavy atom. The van der Waals surface area contributed by atoms with Crippen molar-refractivity contribution < 1.29 is 18.3 Å². The molecule has 1 aromatic heterocycles. The summed E-state index contributed by atoms with van der Waals surface area (Å²) in [6, 6.07) is 4.75. The van der Waals surface area contributed by atoms with Gasteiger partial charge in [0.15, 0.2) is 6.10 Å². The number of aryl methyl sites for hydroxylation is 1. The number of nitrogens with two attached hydrogens (primary N) is 1. The average Bonchev–Trinajstić information content (AvgIpc) is 2.54. The van der Waals surface area contributed by atoms with Crippen LogP contribution in [0.3, 0.4) is 0 Å². The third-order valence-electron chi connectivity index (χ3n) is 2.55. The van der Waals surface area contributed by atoms with Gasteiger partial charge in [0.05, 0.1) is 4.70 Å². The fourth-order valence-corrected chi connectivity index (χ4v) is 2.89. The predicted octanol–water partition coefficient (Wildman–Crippen LogP) is 3.39. The second kappa shape index (κ2) is 3.89. The largest absolute Gasteiger partial charge is 0.418 e. The highest BCUT2D eigenvalue weighted by atomic mass is 32.1. The number of fused-ring (bicyclic) bond motifs is 1. The van der Waals surface area contributed by atoms with Crippen molar-refractivity contribution in [3.8, 4) is 0 Å². The summed E-state index contributed by atoms with van der Waals surface area (Å²) in [6.07, 6.45) is -7.12. The Kier molecular flexibility index (Phi) is 2.79. The molecule has 2 rings (SSSR count). The van der Waals surface area contributed by atoms with Crippen LogP contribution in [0.5, 0.6) is 0 Å². The first-order valence-corrected chi connectivity index (χ1v) is 5.66. The van der Waals surface area contributed by atoms with Crippen LogP contribution < -0.4 is 5.73 Å². The molecule has 3 N–H and O–H groups in total. The third-order valence-corrected chi connectivity index (χ3v) is 3.74. The molecule has 1 unspecified atom stereocenters. The SMILES string of the molecule is Cc1sc2c(N)cccc2c1C(O)C(F)(F)F. The summed E-state index contributed by atoms with van der Waals surface area (Å²) in [5, 5.41) is 9.73. The molecule has 1 atom stereocenters. The number of anilines is 1. The normalized spacial score (nSPS) is 14.2. The van der Waals surface area contributed by atoms with Crippen molar-refractivity contribution >= 4 is 27.1 Å². The Labute approximate surface area is 99.5 Å². The summed E-state index contributed by atoms with van der Waals surface area (Å²) in [6.45, 7) is 1.55. The molecule has 1 aromatic carbocycles. The van der Waals surface area contributed by atoms with E-state index in [4.69, 9.17) is 5.73 Å². The van der Waals surface area contributed by atoms with E-state index in [-0.39, 0.29) is 5.56 Å². The van der Waals surface area contributed by atoms with E-state index in [0.29, 0.717) is 20.7 Å². The molecule has 0 saturated carbocycles. The molecular formula is C11H10F3NOS. The summed E-state index contributed by atoms with van der Waals surface area (Å²) >= 11 is 1.16. The Balaban J connectivity index is 2.70. The number of aliphatic hydroxyl groups excluding tert-OH is 1. The van der Waals surface area contributed by atoms with Crippen LogP contribution in [0.2, 0.25) is 0 Å². The first kappa shape index (κ1) is 12.2. The van der Waals surface area contributed by atoms with Crippen LogP contribution in [-0.4, -0.2) is 11.3 Å². The van der Waals surface area contributed by atoms with E-state index in [1.807, 2.05) is 0 Å². The summed E-state index contributed by atoms with van der Waals surface area (Å²) in [5.74, 6) is 0. The predicted molar refractivity (Wildman–Crippen MR) is 62.0 cm³/mol. The summed E-state index contributed by atoms with van der Waals surface area (Å²) in [5.41, 5.74) is 6.03. The molecule has 0 bridgehead atoms. The van der Waals surface area contributed by atoms with Gasteiger partial charge >= 0.3 is 6.18 Å². The molecule has 6 heteroatoms. The van der Waals surface area contributed by atoms with Gasteiger partial charge in [-0.15, -0.1) is 11.3 Å². The lowest BCUT2D eigenvalue weighted by atomic mass is 10.0. The van der Waals surface area contributed by atoms with Gasteiger partial charge in [0.25, 0.3) is 0 Å². The molecular weight excluding hydrogens is 251 g/mol. The molecule has 2 nitrogen and oxygen atoms in total. The molecule has 0 radical (unpaired) electrons. The van der Waals surface area contributed by atoms with Gasteiger partial charge in [-0.2, -0.15) is 13.2 Å². The van der Waals surface area contributed by atoms with Gasteiger partial charge in [-0.05, 0) is 13.0 Å². The minimum Gasteiger partial charge on any atom is -0.398 e. The van der Waals surface area contributed by atoms with Crippen LogP contribution in [0.4, 0.5) is 18.9 Å². The first-order valence-electron chi connectivity index (χ1n) is 4.84. The molecule has 0 aliphatic carbocycles. The molecule has 2 aromatic rings. The van der Waals surface area contributed by atoms with Crippen LogP contribution in [0.1, 0.15) is 16.5 Å². The van der Waals surface area contributed by atoms with Crippen molar-refractivity contribution in [2.75, 3.05) is 5.73 Å². The van der Waals surface area contributed by atoms with Crippen LogP contribution in [0, 0.1) is 6.92 Å². The van der Waals surface area contributed by atoms with E-state index < -0.39 is 12.3 Å². The topological polar surface area (TPSA) is 46.2 Å². The molecule has 0 fully saturated rings. The van der Waals surface area contributed by atoms with E-state index in [9.17, 15) is 18.3 Å². The van der Waals surface area contributed by atoms with Gasteiger partial charge in [0.1, 0.15) is 0 Å². The molecule has 0 aliphatic heterocycles. The zero-order valence-corrected chi connectivity index (χ0v) is 9.69. The molecule has 0 saturated heterocycles. The van der Waals surface area contributed by atoms with Crippen molar-refractivity contribution in [1.29, 1.82) is 0 Å². The smallest absolute Gasteiger partial charge is 0.398 e. The number of hydrogen-bond donors (Lipinski definition) is 2. The fourth-order valence-electron chi connectivity index (χ4n) is 1.78. The van der Waals surface area contributed by atoms with Gasteiger partial charge in [0.2, 0.25) is 0 Å². The number of rotatable bonds is 1. The molecule has 17 heavy (non-hydrogen) atoms. The second-order valence-electron chi connectivity index (χ2n) is 3.74. The maximum Gasteiger partial charge on any atom is 0.418 e. The highest BCUT2D eigenvalue weighted by molar-refractivity contribution is 7.19. The maximum atomic E-state index is 12.5. The van der Waals surface area contributed by atoms with E-state index in [1.54, 1.807) is 25.1 Å². The Morgan fingerprint density at radius 2 is 2.00 bits per heavy atom. The number of alkyl halides is 3. The average molecular weight is 261 g/mol. The lowest BCUT2D eigenvalue weighted by molar-refractivity contribution is -0.206. The molecule has 1 heterocycles. The number of thiophene rings is 1. The van der Waals surface area contributed by atoms with Crippen LogP contribution in [0.15, 0.2) is 18.2 Å². The van der Waals surface area contributed by atoms with E-state index >= 15 is 0 Å². The summed E-state index contributed by atoms with van der Waals surface area (Å²) in [4.78, 5) is 0.433. The highest BCUT2D eigenvalue weighted by Crippen LogP contribution is 2.43. The minimum absolute atomic E-state index is 0.0928. The van der Waals surface area contributed by atoms with E-state index in [1.165, 1.54) is 0 Å². The molecule has 0 aliphatic rings. The fraction of sp³-hybridized carbons (Fsp3) is 0.273. The van der Waals surface area contributed by atoms with Crippen molar-refractivity contribution in [3.63, 3.8) is 0 Å². The second-order valence-corrected chi connectivity index (χ2v) is 4.96. The molecule has 92 valence electrons. The van der Waals surface area contributed by atoms with Crippen LogP contribution in [-0.2, 0) is 0 Å². The standard InChI is InChI=1S/C11H10F3NOS/c1-5-8(10(16)11(12,13)14)6-3-2-4-7(15)9(6)17-5/h2-4,10,16H,15H2,1H3. The van der Waals surface area contributed by atoms with Crippen molar-refractivity contribution in [3.05, 3.63) is 28.6 Å². The number of hydrogen-bond acceptors (Lipinski definition) is 3. The first-order chi connectivity index (χ1) is 7.82. The van der Waals surface area contributed by atoms with Gasteiger partial charge < -0.3 is 10.8 Å². The quantitative estimate of drug-likeness (QED) is 0.773. The van der Waals surface area contributed by atoms with Crippen molar-refractivity contribution in [1.82, 2.24) is 0 Å². The van der Waals surface area contributed by atoms with Crippen LogP contribution in [0.25, 0.3) is 10.1 Å². The Bertz CT molecular complexity index is 562. The van der Waals surface area contributed by atoms with Gasteiger partial charge in [0, 0.05) is 21.5 Å². The monoisotopic (exact) mass is 261 g/mol. The maximum absolute atomic E-state index is 12.5. The Morgan fingerprint density at radius 3 is 2.59 bits per heavy atom.